The van der Waals surface area contributed by atoms with Gasteiger partial charge in [0.05, 0.1) is 30.4 Å². The molecule has 0 spiro atoms. The lowest BCUT2D eigenvalue weighted by Gasteiger charge is -2.24. The van der Waals surface area contributed by atoms with Crippen molar-refractivity contribution in [3.63, 3.8) is 0 Å². The predicted molar refractivity (Wildman–Crippen MR) is 113 cm³/mol. The molecule has 5 heteroatoms. The van der Waals surface area contributed by atoms with Crippen molar-refractivity contribution in [1.29, 1.82) is 0 Å². The maximum absolute atomic E-state index is 12.5. The molecule has 30 heavy (non-hydrogen) atoms. The highest BCUT2D eigenvalue weighted by atomic mass is 16.5. The Bertz CT molecular complexity index is 1030. The summed E-state index contributed by atoms with van der Waals surface area (Å²) < 4.78 is 6.12. The fraction of sp³-hybridized carbons (Fsp3) is 0.200. The zero-order chi connectivity index (χ0) is 21.1. The smallest absolute Gasteiger partial charge is 0.261 e. The lowest BCUT2D eigenvalue weighted by molar-refractivity contribution is -0.00488. The number of aliphatic hydroxyl groups is 1. The predicted octanol–water partition coefficient (Wildman–Crippen LogP) is 3.76. The number of fused-ring (bicyclic) bond motifs is 1. The van der Waals surface area contributed by atoms with Gasteiger partial charge in [0, 0.05) is 0 Å². The molecule has 1 aliphatic rings. The number of imide groups is 1. The zero-order valence-electron chi connectivity index (χ0n) is 16.7. The SMILES string of the molecule is Cc1ccccc1[C@@H](OC[C@@H](O)CN1C(=O)c2ccccc2C1=O)c1ccccc1. The number of β-amino-alcohol motifs (C(OH)–C–C–N with tert-alkyl or cyclic N) is 1. The van der Waals surface area contributed by atoms with Crippen molar-refractivity contribution in [2.24, 2.45) is 0 Å². The van der Waals surface area contributed by atoms with Crippen molar-refractivity contribution in [3.8, 4) is 0 Å². The molecule has 0 aromatic heterocycles. The molecule has 5 nitrogen and oxygen atoms in total. The summed E-state index contributed by atoms with van der Waals surface area (Å²) in [6.45, 7) is 1.90. The Kier molecular flexibility index (Phi) is 5.74. The van der Waals surface area contributed by atoms with Crippen LogP contribution in [0.5, 0.6) is 0 Å². The van der Waals surface area contributed by atoms with Crippen molar-refractivity contribution in [3.05, 3.63) is 107 Å². The number of aryl methyl sites for hydroxylation is 1. The van der Waals surface area contributed by atoms with E-state index < -0.39 is 6.10 Å². The second kappa shape index (κ2) is 8.61. The number of benzene rings is 3. The van der Waals surface area contributed by atoms with Gasteiger partial charge in [-0.2, -0.15) is 0 Å². The second-order valence-electron chi connectivity index (χ2n) is 7.40. The molecule has 0 bridgehead atoms. The second-order valence-corrected chi connectivity index (χ2v) is 7.40. The summed E-state index contributed by atoms with van der Waals surface area (Å²) >= 11 is 0. The monoisotopic (exact) mass is 401 g/mol. The number of amides is 2. The first-order valence-electron chi connectivity index (χ1n) is 9.91. The third-order valence-electron chi connectivity index (χ3n) is 5.30. The number of carbonyl (C=O) groups is 2. The van der Waals surface area contributed by atoms with E-state index in [1.54, 1.807) is 24.3 Å². The normalized spacial score (nSPS) is 15.2. The molecule has 2 amide bonds. The summed E-state index contributed by atoms with van der Waals surface area (Å²) in [5.74, 6) is -0.763. The van der Waals surface area contributed by atoms with E-state index in [1.165, 1.54) is 0 Å². The lowest BCUT2D eigenvalue weighted by Crippen LogP contribution is -2.39. The molecule has 0 saturated carbocycles. The van der Waals surface area contributed by atoms with E-state index in [-0.39, 0.29) is 31.1 Å². The molecule has 1 N–H and O–H groups in total. The van der Waals surface area contributed by atoms with Gasteiger partial charge < -0.3 is 9.84 Å². The molecule has 1 heterocycles. The molecule has 4 rings (SSSR count). The van der Waals surface area contributed by atoms with E-state index in [0.717, 1.165) is 21.6 Å². The van der Waals surface area contributed by atoms with Crippen LogP contribution in [0.4, 0.5) is 0 Å². The van der Waals surface area contributed by atoms with E-state index in [2.05, 4.69) is 0 Å². The molecular formula is C25H23NO4. The van der Waals surface area contributed by atoms with Crippen molar-refractivity contribution in [1.82, 2.24) is 4.90 Å². The largest absolute Gasteiger partial charge is 0.389 e. The number of aliphatic hydroxyl groups excluding tert-OH is 1. The fourth-order valence-electron chi connectivity index (χ4n) is 3.75. The summed E-state index contributed by atoms with van der Waals surface area (Å²) in [4.78, 5) is 26.1. The Labute approximate surface area is 175 Å². The van der Waals surface area contributed by atoms with E-state index in [4.69, 9.17) is 4.74 Å². The average Bonchev–Trinajstić information content (AvgIpc) is 3.01. The zero-order valence-corrected chi connectivity index (χ0v) is 16.7. The number of carbonyl (C=O) groups excluding carboxylic acids is 2. The first-order chi connectivity index (χ1) is 14.6. The molecule has 1 aliphatic heterocycles. The number of nitrogens with zero attached hydrogens (tertiary/aromatic N) is 1. The number of rotatable bonds is 7. The van der Waals surface area contributed by atoms with Crippen LogP contribution < -0.4 is 0 Å². The van der Waals surface area contributed by atoms with Crippen LogP contribution in [0.2, 0.25) is 0 Å². The third-order valence-corrected chi connectivity index (χ3v) is 5.30. The van der Waals surface area contributed by atoms with Crippen LogP contribution in [0.1, 0.15) is 43.5 Å². The van der Waals surface area contributed by atoms with Gasteiger partial charge in [-0.05, 0) is 35.7 Å². The fourth-order valence-corrected chi connectivity index (χ4v) is 3.75. The van der Waals surface area contributed by atoms with Crippen LogP contribution in [-0.2, 0) is 4.74 Å². The van der Waals surface area contributed by atoms with E-state index in [9.17, 15) is 14.7 Å². The molecule has 152 valence electrons. The Morgan fingerprint density at radius 2 is 1.40 bits per heavy atom. The van der Waals surface area contributed by atoms with E-state index >= 15 is 0 Å². The maximum atomic E-state index is 12.5. The minimum Gasteiger partial charge on any atom is -0.389 e. The summed E-state index contributed by atoms with van der Waals surface area (Å²) in [5.41, 5.74) is 3.81. The standard InChI is InChI=1S/C25H23NO4/c1-17-9-5-6-12-20(17)23(18-10-3-2-4-11-18)30-16-19(27)15-26-24(28)21-13-7-8-14-22(21)25(26)29/h2-14,19,23,27H,15-16H2,1H3/t19-,23-/m0/s1. The van der Waals surface area contributed by atoms with Crippen LogP contribution in [0.15, 0.2) is 78.9 Å². The van der Waals surface area contributed by atoms with Crippen molar-refractivity contribution in [2.45, 2.75) is 19.1 Å². The van der Waals surface area contributed by atoms with Crippen LogP contribution in [0.25, 0.3) is 0 Å². The quantitative estimate of drug-likeness (QED) is 0.612. The van der Waals surface area contributed by atoms with Crippen LogP contribution >= 0.6 is 0 Å². The third kappa shape index (κ3) is 3.90. The number of ether oxygens (including phenoxy) is 1. The Hall–Kier alpha value is -3.28. The van der Waals surface area contributed by atoms with Gasteiger partial charge in [0.1, 0.15) is 6.10 Å². The molecule has 0 unspecified atom stereocenters. The molecule has 3 aromatic rings. The van der Waals surface area contributed by atoms with E-state index in [1.807, 2.05) is 61.5 Å². The maximum Gasteiger partial charge on any atom is 0.261 e. The minimum absolute atomic E-state index is 0.0126. The summed E-state index contributed by atoms with van der Waals surface area (Å²) in [7, 11) is 0. The van der Waals surface area contributed by atoms with Crippen molar-refractivity contribution in [2.75, 3.05) is 13.2 Å². The molecule has 0 aliphatic carbocycles. The van der Waals surface area contributed by atoms with Gasteiger partial charge in [-0.25, -0.2) is 0 Å². The van der Waals surface area contributed by atoms with Crippen LogP contribution in [0, 0.1) is 6.92 Å². The van der Waals surface area contributed by atoms with Gasteiger partial charge in [-0.1, -0.05) is 66.7 Å². The molecule has 0 radical (unpaired) electrons. The summed E-state index contributed by atoms with van der Waals surface area (Å²) in [6.07, 6.45) is -1.35. The Morgan fingerprint density at radius 1 is 0.833 bits per heavy atom. The van der Waals surface area contributed by atoms with Crippen molar-refractivity contribution < 1.29 is 19.4 Å². The topological polar surface area (TPSA) is 66.8 Å². The first-order valence-corrected chi connectivity index (χ1v) is 9.91. The highest BCUT2D eigenvalue weighted by molar-refractivity contribution is 6.21. The molecule has 2 atom stereocenters. The number of hydrogen-bond donors (Lipinski definition) is 1. The summed E-state index contributed by atoms with van der Waals surface area (Å²) in [6, 6.07) is 24.4. The lowest BCUT2D eigenvalue weighted by atomic mass is 9.97. The summed E-state index contributed by atoms with van der Waals surface area (Å²) in [5, 5.41) is 10.6. The van der Waals surface area contributed by atoms with Gasteiger partial charge in [0.2, 0.25) is 0 Å². The van der Waals surface area contributed by atoms with Gasteiger partial charge in [-0.3, -0.25) is 14.5 Å². The van der Waals surface area contributed by atoms with Crippen LogP contribution in [-0.4, -0.2) is 41.1 Å². The molecule has 0 fully saturated rings. The van der Waals surface area contributed by atoms with E-state index in [0.29, 0.717) is 11.1 Å². The van der Waals surface area contributed by atoms with Gasteiger partial charge in [0.15, 0.2) is 0 Å². The molecule has 3 aromatic carbocycles. The minimum atomic E-state index is -0.998. The van der Waals surface area contributed by atoms with Gasteiger partial charge >= 0.3 is 0 Å². The Balaban J connectivity index is 1.47. The van der Waals surface area contributed by atoms with Gasteiger partial charge in [0.25, 0.3) is 11.8 Å². The Morgan fingerprint density at radius 3 is 2.03 bits per heavy atom. The highest BCUT2D eigenvalue weighted by Gasteiger charge is 2.36. The van der Waals surface area contributed by atoms with Gasteiger partial charge in [-0.15, -0.1) is 0 Å². The van der Waals surface area contributed by atoms with Crippen LogP contribution in [0.3, 0.4) is 0 Å². The first kappa shape index (κ1) is 20.0. The average molecular weight is 401 g/mol. The molecule has 0 saturated heterocycles. The van der Waals surface area contributed by atoms with Crippen molar-refractivity contribution >= 4 is 11.8 Å². The molecular weight excluding hydrogens is 378 g/mol. The number of hydrogen-bond acceptors (Lipinski definition) is 4. The highest BCUT2D eigenvalue weighted by Crippen LogP contribution is 2.29.